The van der Waals surface area contributed by atoms with E-state index in [0.717, 1.165) is 36.5 Å². The van der Waals surface area contributed by atoms with Gasteiger partial charge in [-0.1, -0.05) is 15.9 Å². The van der Waals surface area contributed by atoms with Gasteiger partial charge in [0.2, 0.25) is 0 Å². The van der Waals surface area contributed by atoms with Gasteiger partial charge in [-0.2, -0.15) is 0 Å². The molecule has 0 radical (unpaired) electrons. The van der Waals surface area contributed by atoms with Gasteiger partial charge in [0.1, 0.15) is 12.4 Å². The molecule has 3 nitrogen and oxygen atoms in total. The third kappa shape index (κ3) is 4.66. The van der Waals surface area contributed by atoms with Crippen molar-refractivity contribution in [3.63, 3.8) is 0 Å². The quantitative estimate of drug-likeness (QED) is 0.756. The first-order valence-corrected chi connectivity index (χ1v) is 6.68. The van der Waals surface area contributed by atoms with Crippen LogP contribution >= 0.6 is 15.9 Å². The summed E-state index contributed by atoms with van der Waals surface area (Å²) >= 11 is 3.38. The zero-order valence-electron chi connectivity index (χ0n) is 9.73. The van der Waals surface area contributed by atoms with Crippen LogP contribution in [0.2, 0.25) is 0 Å². The molecule has 2 rings (SSSR count). The highest BCUT2D eigenvalue weighted by Gasteiger charge is 2.15. The third-order valence-electron chi connectivity index (χ3n) is 2.69. The SMILES string of the molecule is Brc1ccc(OCCOCC2CCOC2)cc1. The highest BCUT2D eigenvalue weighted by atomic mass is 79.9. The van der Waals surface area contributed by atoms with Crippen LogP contribution in [0.15, 0.2) is 28.7 Å². The van der Waals surface area contributed by atoms with E-state index in [9.17, 15) is 0 Å². The first-order chi connectivity index (χ1) is 8.34. The van der Waals surface area contributed by atoms with Crippen molar-refractivity contribution in [1.82, 2.24) is 0 Å². The molecule has 0 N–H and O–H groups in total. The molecular formula is C13H17BrO3. The van der Waals surface area contributed by atoms with Crippen molar-refractivity contribution in [1.29, 1.82) is 0 Å². The lowest BCUT2D eigenvalue weighted by atomic mass is 10.1. The monoisotopic (exact) mass is 300 g/mol. The Hall–Kier alpha value is -0.580. The van der Waals surface area contributed by atoms with Gasteiger partial charge in [-0.25, -0.2) is 0 Å². The van der Waals surface area contributed by atoms with E-state index in [0.29, 0.717) is 19.1 Å². The molecule has 1 fully saturated rings. The second-order valence-electron chi connectivity index (χ2n) is 4.11. The molecule has 1 unspecified atom stereocenters. The second-order valence-corrected chi connectivity index (χ2v) is 5.02. The molecule has 1 aromatic carbocycles. The third-order valence-corrected chi connectivity index (χ3v) is 3.22. The zero-order valence-corrected chi connectivity index (χ0v) is 11.3. The van der Waals surface area contributed by atoms with Crippen LogP contribution in [0, 0.1) is 5.92 Å². The summed E-state index contributed by atoms with van der Waals surface area (Å²) in [7, 11) is 0. The van der Waals surface area contributed by atoms with E-state index in [2.05, 4.69) is 15.9 Å². The highest BCUT2D eigenvalue weighted by Crippen LogP contribution is 2.16. The van der Waals surface area contributed by atoms with Crippen molar-refractivity contribution in [2.75, 3.05) is 33.0 Å². The minimum absolute atomic E-state index is 0.572. The van der Waals surface area contributed by atoms with E-state index in [-0.39, 0.29) is 0 Å². The van der Waals surface area contributed by atoms with Crippen LogP contribution in [0.5, 0.6) is 5.75 Å². The van der Waals surface area contributed by atoms with Gasteiger partial charge in [0.05, 0.1) is 19.8 Å². The van der Waals surface area contributed by atoms with Gasteiger partial charge < -0.3 is 14.2 Å². The molecule has 0 amide bonds. The van der Waals surface area contributed by atoms with E-state index >= 15 is 0 Å². The molecular weight excluding hydrogens is 284 g/mol. The number of hydrogen-bond donors (Lipinski definition) is 0. The van der Waals surface area contributed by atoms with Crippen molar-refractivity contribution in [2.24, 2.45) is 5.92 Å². The van der Waals surface area contributed by atoms with Gasteiger partial charge in [0, 0.05) is 17.0 Å². The summed E-state index contributed by atoms with van der Waals surface area (Å²) in [5.74, 6) is 1.45. The summed E-state index contributed by atoms with van der Waals surface area (Å²) < 4.78 is 17.4. The molecule has 1 saturated heterocycles. The van der Waals surface area contributed by atoms with Crippen molar-refractivity contribution in [3.05, 3.63) is 28.7 Å². The molecule has 4 heteroatoms. The largest absolute Gasteiger partial charge is 0.491 e. The number of ether oxygens (including phenoxy) is 3. The molecule has 0 aromatic heterocycles. The summed E-state index contributed by atoms with van der Waals surface area (Å²) in [6.45, 7) is 3.72. The Morgan fingerprint density at radius 1 is 1.24 bits per heavy atom. The van der Waals surface area contributed by atoms with Crippen molar-refractivity contribution < 1.29 is 14.2 Å². The predicted molar refractivity (Wildman–Crippen MR) is 69.4 cm³/mol. The molecule has 1 aliphatic heterocycles. The number of halogens is 1. The topological polar surface area (TPSA) is 27.7 Å². The summed E-state index contributed by atoms with van der Waals surface area (Å²) in [5.41, 5.74) is 0. The van der Waals surface area contributed by atoms with E-state index < -0.39 is 0 Å². The maximum absolute atomic E-state index is 5.55. The minimum atomic E-state index is 0.572. The smallest absolute Gasteiger partial charge is 0.119 e. The van der Waals surface area contributed by atoms with Gasteiger partial charge in [-0.05, 0) is 30.7 Å². The predicted octanol–water partition coefficient (Wildman–Crippen LogP) is 2.88. The van der Waals surface area contributed by atoms with Crippen LogP contribution in [0.4, 0.5) is 0 Å². The lowest BCUT2D eigenvalue weighted by Gasteiger charge is -2.09. The van der Waals surface area contributed by atoms with Crippen LogP contribution in [-0.2, 0) is 9.47 Å². The average Bonchev–Trinajstić information content (AvgIpc) is 2.84. The summed E-state index contributed by atoms with van der Waals surface area (Å²) in [5, 5.41) is 0. The summed E-state index contributed by atoms with van der Waals surface area (Å²) in [6.07, 6.45) is 1.12. The molecule has 94 valence electrons. The van der Waals surface area contributed by atoms with Crippen molar-refractivity contribution >= 4 is 15.9 Å². The zero-order chi connectivity index (χ0) is 11.9. The van der Waals surface area contributed by atoms with Crippen LogP contribution in [0.1, 0.15) is 6.42 Å². The molecule has 0 aliphatic carbocycles. The van der Waals surface area contributed by atoms with Crippen LogP contribution in [0.25, 0.3) is 0 Å². The molecule has 17 heavy (non-hydrogen) atoms. The summed E-state index contributed by atoms with van der Waals surface area (Å²) in [6, 6.07) is 7.81. The van der Waals surface area contributed by atoms with Gasteiger partial charge in [0.15, 0.2) is 0 Å². The fraction of sp³-hybridized carbons (Fsp3) is 0.538. The van der Waals surface area contributed by atoms with Gasteiger partial charge in [-0.3, -0.25) is 0 Å². The molecule has 1 aromatic rings. The van der Waals surface area contributed by atoms with E-state index in [4.69, 9.17) is 14.2 Å². The first kappa shape index (κ1) is 12.9. The minimum Gasteiger partial charge on any atom is -0.491 e. The Balaban J connectivity index is 1.55. The summed E-state index contributed by atoms with van der Waals surface area (Å²) in [4.78, 5) is 0. The molecule has 1 aliphatic rings. The maximum atomic E-state index is 5.55. The number of rotatable bonds is 6. The van der Waals surface area contributed by atoms with Gasteiger partial charge in [0.25, 0.3) is 0 Å². The van der Waals surface area contributed by atoms with Crippen LogP contribution in [-0.4, -0.2) is 33.0 Å². The van der Waals surface area contributed by atoms with E-state index in [1.165, 1.54) is 0 Å². The van der Waals surface area contributed by atoms with E-state index in [1.54, 1.807) is 0 Å². The van der Waals surface area contributed by atoms with Gasteiger partial charge in [-0.15, -0.1) is 0 Å². The second kappa shape index (κ2) is 6.99. The lowest BCUT2D eigenvalue weighted by molar-refractivity contribution is 0.0684. The van der Waals surface area contributed by atoms with Crippen LogP contribution < -0.4 is 4.74 Å². The fourth-order valence-corrected chi connectivity index (χ4v) is 1.98. The molecule has 1 heterocycles. The fourth-order valence-electron chi connectivity index (χ4n) is 1.71. The normalized spacial score (nSPS) is 19.5. The Kier molecular flexibility index (Phi) is 5.29. The molecule has 0 bridgehead atoms. The molecule has 0 saturated carbocycles. The highest BCUT2D eigenvalue weighted by molar-refractivity contribution is 9.10. The number of benzene rings is 1. The lowest BCUT2D eigenvalue weighted by Crippen LogP contribution is -2.13. The Labute approximate surface area is 110 Å². The standard InChI is InChI=1S/C13H17BrO3/c14-12-1-3-13(4-2-12)17-8-7-16-10-11-5-6-15-9-11/h1-4,11H,5-10H2. The van der Waals surface area contributed by atoms with E-state index in [1.807, 2.05) is 24.3 Å². The maximum Gasteiger partial charge on any atom is 0.119 e. The van der Waals surface area contributed by atoms with Crippen LogP contribution in [0.3, 0.4) is 0 Å². The average molecular weight is 301 g/mol. The van der Waals surface area contributed by atoms with Gasteiger partial charge >= 0.3 is 0 Å². The Morgan fingerprint density at radius 2 is 2.06 bits per heavy atom. The molecule has 0 spiro atoms. The Bertz CT molecular complexity index is 320. The molecule has 1 atom stereocenters. The van der Waals surface area contributed by atoms with Crippen molar-refractivity contribution in [2.45, 2.75) is 6.42 Å². The first-order valence-electron chi connectivity index (χ1n) is 5.88. The number of hydrogen-bond acceptors (Lipinski definition) is 3. The van der Waals surface area contributed by atoms with Crippen molar-refractivity contribution in [3.8, 4) is 5.75 Å². The Morgan fingerprint density at radius 3 is 2.76 bits per heavy atom.